The number of rotatable bonds is 6. The Hall–Kier alpha value is -2.48. The Bertz CT molecular complexity index is 1050. The number of hydrogen-bond acceptors (Lipinski definition) is 4. The lowest BCUT2D eigenvalue weighted by Gasteiger charge is -2.40. The fourth-order valence-corrected chi connectivity index (χ4v) is 4.51. The Labute approximate surface area is 164 Å². The van der Waals surface area contributed by atoms with Gasteiger partial charge in [-0.15, -0.1) is 0 Å². The minimum absolute atomic E-state index is 0.147. The lowest BCUT2D eigenvalue weighted by molar-refractivity contribution is -0.137. The van der Waals surface area contributed by atoms with Crippen LogP contribution in [0.3, 0.4) is 0 Å². The highest BCUT2D eigenvalue weighted by Crippen LogP contribution is 2.37. The van der Waals surface area contributed by atoms with E-state index in [0.717, 1.165) is 43.2 Å². The highest BCUT2D eigenvalue weighted by molar-refractivity contribution is 7.91. The first kappa shape index (κ1) is 18.9. The molecular weight excluding hydrogens is 384 g/mol. The Morgan fingerprint density at radius 2 is 2.07 bits per heavy atom. The van der Waals surface area contributed by atoms with Crippen molar-refractivity contribution in [1.82, 2.24) is 0 Å². The van der Waals surface area contributed by atoms with E-state index in [9.17, 15) is 13.6 Å². The number of fused-ring (bicyclic) bond motifs is 2. The molecule has 1 fully saturated rings. The topological polar surface area (TPSA) is 56.1 Å². The number of anilines is 2. The molecule has 0 spiro atoms. The van der Waals surface area contributed by atoms with Crippen LogP contribution in [0.1, 0.15) is 12.8 Å². The number of hydrogen-bond donors (Lipinski definition) is 2. The van der Waals surface area contributed by atoms with Gasteiger partial charge in [-0.2, -0.15) is 11.4 Å². The molecule has 0 saturated carbocycles. The number of carbonyl (C=O) groups is 1. The summed E-state index contributed by atoms with van der Waals surface area (Å²) in [5.74, 6) is -3.38. The molecule has 0 atom stereocenters. The smallest absolute Gasteiger partial charge is 0.303 e. The molecule has 2 aliphatic rings. The molecule has 0 aliphatic carbocycles. The number of carboxylic acids is 1. The van der Waals surface area contributed by atoms with Crippen molar-refractivity contribution in [2.45, 2.75) is 23.7 Å². The van der Waals surface area contributed by atoms with Gasteiger partial charge in [0.15, 0.2) is 0 Å². The molecule has 0 aromatic heterocycles. The predicted molar refractivity (Wildman–Crippen MR) is 107 cm³/mol. The first-order chi connectivity index (χ1) is 13.3. The van der Waals surface area contributed by atoms with Gasteiger partial charge in [-0.1, -0.05) is 0 Å². The van der Waals surface area contributed by atoms with E-state index in [1.165, 1.54) is 0 Å². The Balaban J connectivity index is 1.57. The van der Waals surface area contributed by atoms with E-state index in [0.29, 0.717) is 13.0 Å². The van der Waals surface area contributed by atoms with Crippen LogP contribution in [-0.2, 0) is 4.79 Å². The summed E-state index contributed by atoms with van der Waals surface area (Å²) in [5.41, 5.74) is 2.68. The van der Waals surface area contributed by atoms with Gasteiger partial charge >= 0.3 is 5.97 Å². The van der Waals surface area contributed by atoms with Crippen LogP contribution in [0.4, 0.5) is 25.8 Å². The summed E-state index contributed by atoms with van der Waals surface area (Å²) < 4.78 is 27.4. The number of alkyl halides is 2. The second-order valence-corrected chi connectivity index (χ2v) is 8.39. The van der Waals surface area contributed by atoms with Gasteiger partial charge in [0.05, 0.1) is 24.1 Å². The molecule has 0 bridgehead atoms. The minimum atomic E-state index is -2.59. The van der Waals surface area contributed by atoms with Crippen LogP contribution in [0.2, 0.25) is 0 Å². The zero-order valence-electron chi connectivity index (χ0n) is 15.4. The minimum Gasteiger partial charge on any atom is -0.481 e. The third-order valence-electron chi connectivity index (χ3n) is 4.93. The normalized spacial score (nSPS) is 16.5. The van der Waals surface area contributed by atoms with E-state index in [4.69, 9.17) is 10.1 Å². The van der Waals surface area contributed by atoms with Gasteiger partial charge < -0.3 is 14.9 Å². The maximum absolute atomic E-state index is 13.2. The number of benzene rings is 2. The van der Waals surface area contributed by atoms with Crippen LogP contribution in [0.15, 0.2) is 46.3 Å². The molecule has 2 aromatic rings. The molecule has 28 heavy (non-hydrogen) atoms. The summed E-state index contributed by atoms with van der Waals surface area (Å²) in [6, 6.07) is 11.7. The van der Waals surface area contributed by atoms with Crippen LogP contribution in [0.5, 0.6) is 0 Å². The lowest BCUT2D eigenvalue weighted by atomic mass is 10.1. The molecule has 4 rings (SSSR count). The zero-order chi connectivity index (χ0) is 19.9. The molecule has 2 aromatic carbocycles. The zero-order valence-corrected chi connectivity index (χ0v) is 16.3. The average molecular weight is 405 g/mol. The summed E-state index contributed by atoms with van der Waals surface area (Å²) >= 11 is 0.992. The number of nitrogens with zero attached hydrogens (tertiary/aromatic N) is 3. The molecule has 148 valence electrons. The van der Waals surface area contributed by atoms with Crippen molar-refractivity contribution in [3.05, 3.63) is 46.3 Å². The molecule has 0 unspecified atom stereocenters. The summed E-state index contributed by atoms with van der Waals surface area (Å²) in [6.07, 6.45) is 0.728. The molecule has 1 saturated heterocycles. The van der Waals surface area contributed by atoms with Gasteiger partial charge in [-0.3, -0.25) is 4.79 Å². The van der Waals surface area contributed by atoms with E-state index in [2.05, 4.69) is 6.07 Å². The largest absolute Gasteiger partial charge is 0.481 e. The maximum atomic E-state index is 13.2. The Kier molecular flexibility index (Phi) is 4.82. The van der Waals surface area contributed by atoms with E-state index in [-0.39, 0.29) is 19.5 Å². The highest BCUT2D eigenvalue weighted by atomic mass is 32.1. The summed E-state index contributed by atoms with van der Waals surface area (Å²) in [5, 5.41) is 9.69. The fourth-order valence-electron chi connectivity index (χ4n) is 3.38. The fraction of sp³-hybridized carbons (Fsp3) is 0.350. The number of halogens is 2. The molecule has 0 radical (unpaired) electrons. The van der Waals surface area contributed by atoms with Crippen molar-refractivity contribution < 1.29 is 18.7 Å². The van der Waals surface area contributed by atoms with Crippen LogP contribution in [0, 0.1) is 4.51 Å². The van der Waals surface area contributed by atoms with Gasteiger partial charge in [0, 0.05) is 40.8 Å². The molecular formula is C20H21F2N3O2S. The maximum Gasteiger partial charge on any atom is 0.303 e. The number of thiol groups is 1. The highest BCUT2D eigenvalue weighted by Gasteiger charge is 2.43. The summed E-state index contributed by atoms with van der Waals surface area (Å²) in [4.78, 5) is 20.1. The standard InChI is InChI=1S/C20H21F2N3O2S/c1-24(8-2-3-19(26)27)13-4-6-15-17(9-13)28-18-10-14(5-7-16(18)23-15)25-11-20(21,22)12-25/h4-7,9-10,28H,2-3,8,11-12H2,1H3,(H,26,27). The quantitative estimate of drug-likeness (QED) is 0.487. The predicted octanol–water partition coefficient (Wildman–Crippen LogP) is 3.48. The van der Waals surface area contributed by atoms with Crippen LogP contribution in [-0.4, -0.2) is 43.7 Å². The first-order valence-electron chi connectivity index (χ1n) is 9.08. The van der Waals surface area contributed by atoms with E-state index in [1.54, 1.807) is 4.90 Å². The molecule has 2 heterocycles. The van der Waals surface area contributed by atoms with Gasteiger partial charge in [-0.25, -0.2) is 13.8 Å². The Morgan fingerprint density at radius 1 is 1.29 bits per heavy atom. The van der Waals surface area contributed by atoms with Crippen LogP contribution >= 0.6 is 11.4 Å². The second kappa shape index (κ2) is 7.16. The second-order valence-electron chi connectivity index (χ2n) is 7.20. The van der Waals surface area contributed by atoms with Gasteiger partial charge in [0.25, 0.3) is 5.92 Å². The van der Waals surface area contributed by atoms with Crippen molar-refractivity contribution in [3.63, 3.8) is 0 Å². The number of aliphatic carboxylic acids is 1. The molecule has 5 nitrogen and oxygen atoms in total. The SMILES string of the molecule is CN(CCCC(=O)O)c1ccc2c(c1)=[SH]c1cc(N3CC(F)(F)C3)ccc1N=2. The number of carboxylic acid groups (broad SMARTS) is 1. The monoisotopic (exact) mass is 405 g/mol. The summed E-state index contributed by atoms with van der Waals surface area (Å²) in [7, 11) is 1.94. The molecule has 8 heteroatoms. The first-order valence-corrected chi connectivity index (χ1v) is 9.97. The third-order valence-corrected chi connectivity index (χ3v) is 6.13. The van der Waals surface area contributed by atoms with Crippen molar-refractivity contribution in [1.29, 1.82) is 0 Å². The molecule has 1 N–H and O–H groups in total. The van der Waals surface area contributed by atoms with Crippen molar-refractivity contribution in [2.24, 2.45) is 4.99 Å². The van der Waals surface area contributed by atoms with E-state index < -0.39 is 11.9 Å². The van der Waals surface area contributed by atoms with Gasteiger partial charge in [0.1, 0.15) is 0 Å². The van der Waals surface area contributed by atoms with Gasteiger partial charge in [-0.05, 0) is 42.8 Å². The van der Waals surface area contributed by atoms with Gasteiger partial charge in [0.2, 0.25) is 0 Å². The van der Waals surface area contributed by atoms with Crippen LogP contribution < -0.4 is 15.2 Å². The molecule has 0 amide bonds. The van der Waals surface area contributed by atoms with E-state index in [1.807, 2.05) is 42.3 Å². The lowest BCUT2D eigenvalue weighted by Crippen LogP contribution is -2.56. The van der Waals surface area contributed by atoms with Crippen LogP contribution in [0.25, 0.3) is 0 Å². The van der Waals surface area contributed by atoms with Crippen molar-refractivity contribution in [3.8, 4) is 0 Å². The van der Waals surface area contributed by atoms with Crippen molar-refractivity contribution in [2.75, 3.05) is 36.5 Å². The third kappa shape index (κ3) is 3.87. The van der Waals surface area contributed by atoms with E-state index >= 15 is 0 Å². The average Bonchev–Trinajstić information content (AvgIpc) is 2.63. The van der Waals surface area contributed by atoms with Crippen molar-refractivity contribution >= 4 is 34.4 Å². The Morgan fingerprint density at radius 3 is 2.79 bits per heavy atom. The molecule has 2 aliphatic heterocycles. The summed E-state index contributed by atoms with van der Waals surface area (Å²) in [6.45, 7) is 0.187.